The molecule has 2 rings (SSSR count). The number of ether oxygens (including phenoxy) is 1. The lowest BCUT2D eigenvalue weighted by Gasteiger charge is -2.22. The maximum absolute atomic E-state index is 11.9. The van der Waals surface area contributed by atoms with E-state index in [4.69, 9.17) is 4.74 Å². The molecule has 2 heterocycles. The number of rotatable bonds is 5. The summed E-state index contributed by atoms with van der Waals surface area (Å²) in [7, 11) is -3.46. The van der Waals surface area contributed by atoms with Crippen LogP contribution < -0.4 is 4.72 Å². The van der Waals surface area contributed by atoms with Crippen molar-refractivity contribution in [1.29, 1.82) is 0 Å². The summed E-state index contributed by atoms with van der Waals surface area (Å²) >= 11 is 0. The lowest BCUT2D eigenvalue weighted by molar-refractivity contribution is 0.0123. The molecule has 0 saturated carbocycles. The lowest BCUT2D eigenvalue weighted by atomic mass is 10.1. The largest absolute Gasteiger partial charge is 0.378 e. The zero-order valence-corrected chi connectivity index (χ0v) is 11.3. The van der Waals surface area contributed by atoms with Gasteiger partial charge in [0.15, 0.2) is 5.03 Å². The number of H-pyrrole nitrogens is 1. The third kappa shape index (κ3) is 3.54. The Balaban J connectivity index is 1.82. The number of aryl methyl sites for hydroxylation is 1. The number of sulfonamides is 1. The molecule has 7 heteroatoms. The average molecular weight is 273 g/mol. The Kier molecular flexibility index (Phi) is 4.36. The van der Waals surface area contributed by atoms with Crippen LogP contribution >= 0.6 is 0 Å². The highest BCUT2D eigenvalue weighted by atomic mass is 32.2. The van der Waals surface area contributed by atoms with E-state index in [2.05, 4.69) is 14.7 Å². The Morgan fingerprint density at radius 2 is 2.39 bits per heavy atom. The third-order valence-corrected chi connectivity index (χ3v) is 4.37. The topological polar surface area (TPSA) is 84.1 Å². The Bertz CT molecular complexity index is 477. The van der Waals surface area contributed by atoms with Gasteiger partial charge in [0, 0.05) is 13.2 Å². The summed E-state index contributed by atoms with van der Waals surface area (Å²) in [5.74, 6) is 0.589. The summed E-state index contributed by atoms with van der Waals surface area (Å²) in [6, 6.07) is 0. The first-order valence-corrected chi connectivity index (χ1v) is 7.69. The molecule has 0 spiro atoms. The van der Waals surface area contributed by atoms with Gasteiger partial charge in [-0.05, 0) is 32.6 Å². The normalized spacial score (nSPS) is 21.1. The molecular weight excluding hydrogens is 254 g/mol. The molecule has 1 atom stereocenters. The number of hydrogen-bond acceptors (Lipinski definition) is 4. The summed E-state index contributed by atoms with van der Waals surface area (Å²) in [6.45, 7) is 2.90. The lowest BCUT2D eigenvalue weighted by Crippen LogP contribution is -2.29. The number of imidazole rings is 1. The predicted octanol–water partition coefficient (Wildman–Crippen LogP) is 0.956. The van der Waals surface area contributed by atoms with Crippen LogP contribution in [0.4, 0.5) is 0 Å². The Hall–Kier alpha value is -0.920. The van der Waals surface area contributed by atoms with Crippen LogP contribution in [0.2, 0.25) is 0 Å². The van der Waals surface area contributed by atoms with E-state index < -0.39 is 10.0 Å². The van der Waals surface area contributed by atoms with E-state index in [1.54, 1.807) is 6.92 Å². The maximum Gasteiger partial charge on any atom is 0.257 e. The minimum absolute atomic E-state index is 0.115. The first-order valence-electron chi connectivity index (χ1n) is 6.21. The number of aromatic nitrogens is 2. The second kappa shape index (κ2) is 5.81. The molecule has 0 bridgehead atoms. The first kappa shape index (κ1) is 13.5. The Morgan fingerprint density at radius 3 is 3.00 bits per heavy atom. The molecule has 1 aromatic heterocycles. The molecule has 1 saturated heterocycles. The molecular formula is C11H19N3O3S. The summed E-state index contributed by atoms with van der Waals surface area (Å²) in [4.78, 5) is 6.59. The van der Waals surface area contributed by atoms with Crippen molar-refractivity contribution >= 4 is 10.0 Å². The number of aromatic amines is 1. The number of nitrogens with zero attached hydrogens (tertiary/aromatic N) is 1. The van der Waals surface area contributed by atoms with Crippen LogP contribution in [-0.2, 0) is 14.8 Å². The second-order valence-electron chi connectivity index (χ2n) is 4.51. The second-order valence-corrected chi connectivity index (χ2v) is 6.24. The van der Waals surface area contributed by atoms with Crippen molar-refractivity contribution in [2.45, 2.75) is 43.7 Å². The third-order valence-electron chi connectivity index (χ3n) is 3.00. The van der Waals surface area contributed by atoms with Crippen LogP contribution in [0.15, 0.2) is 11.2 Å². The standard InChI is InChI=1S/C11H19N3O3S/c1-9-12-8-11(14-9)18(15,16)13-6-5-10-4-2-3-7-17-10/h8,10,13H,2-7H2,1H3,(H,12,14). The minimum Gasteiger partial charge on any atom is -0.378 e. The van der Waals surface area contributed by atoms with Crippen molar-refractivity contribution in [3.05, 3.63) is 12.0 Å². The quantitative estimate of drug-likeness (QED) is 0.836. The average Bonchev–Trinajstić information content (AvgIpc) is 2.78. The molecule has 1 aliphatic heterocycles. The zero-order chi connectivity index (χ0) is 13.0. The molecule has 1 unspecified atom stereocenters. The fourth-order valence-electron chi connectivity index (χ4n) is 2.00. The highest BCUT2D eigenvalue weighted by molar-refractivity contribution is 7.89. The van der Waals surface area contributed by atoms with Gasteiger partial charge < -0.3 is 9.72 Å². The van der Waals surface area contributed by atoms with Crippen LogP contribution in [0.25, 0.3) is 0 Å². The highest BCUT2D eigenvalue weighted by Gasteiger charge is 2.18. The van der Waals surface area contributed by atoms with Gasteiger partial charge in [-0.1, -0.05) is 0 Å². The van der Waals surface area contributed by atoms with Crippen molar-refractivity contribution in [2.24, 2.45) is 0 Å². The van der Waals surface area contributed by atoms with Crippen molar-refractivity contribution in [2.75, 3.05) is 13.2 Å². The summed E-state index contributed by atoms with van der Waals surface area (Å²) < 4.78 is 31.8. The van der Waals surface area contributed by atoms with Crippen LogP contribution in [0.1, 0.15) is 31.5 Å². The monoisotopic (exact) mass is 273 g/mol. The Labute approximate surface area is 107 Å². The summed E-state index contributed by atoms with van der Waals surface area (Å²) in [5.41, 5.74) is 0. The van der Waals surface area contributed by atoms with Gasteiger partial charge in [0.2, 0.25) is 0 Å². The number of hydrogen-bond donors (Lipinski definition) is 2. The maximum atomic E-state index is 11.9. The van der Waals surface area contributed by atoms with E-state index in [1.807, 2.05) is 0 Å². The van der Waals surface area contributed by atoms with Gasteiger partial charge in [-0.15, -0.1) is 0 Å². The molecule has 0 radical (unpaired) electrons. The van der Waals surface area contributed by atoms with E-state index in [1.165, 1.54) is 6.20 Å². The van der Waals surface area contributed by atoms with Gasteiger partial charge >= 0.3 is 0 Å². The van der Waals surface area contributed by atoms with Crippen LogP contribution in [0, 0.1) is 6.92 Å². The van der Waals surface area contributed by atoms with Gasteiger partial charge in [0.1, 0.15) is 5.82 Å². The van der Waals surface area contributed by atoms with Crippen molar-refractivity contribution < 1.29 is 13.2 Å². The van der Waals surface area contributed by atoms with Gasteiger partial charge in [-0.2, -0.15) is 0 Å². The zero-order valence-electron chi connectivity index (χ0n) is 10.5. The SMILES string of the molecule is Cc1ncc(S(=O)(=O)NCCC2CCCCO2)[nH]1. The summed E-state index contributed by atoms with van der Waals surface area (Å²) in [5, 5.41) is 0.115. The molecule has 6 nitrogen and oxygen atoms in total. The predicted molar refractivity (Wildman–Crippen MR) is 66.7 cm³/mol. The van der Waals surface area contributed by atoms with E-state index in [9.17, 15) is 8.42 Å². The van der Waals surface area contributed by atoms with E-state index in [0.717, 1.165) is 25.9 Å². The van der Waals surface area contributed by atoms with Crippen LogP contribution in [-0.4, -0.2) is 37.6 Å². The molecule has 1 aliphatic rings. The Morgan fingerprint density at radius 1 is 1.56 bits per heavy atom. The molecule has 18 heavy (non-hydrogen) atoms. The van der Waals surface area contributed by atoms with Gasteiger partial charge in [0.25, 0.3) is 10.0 Å². The molecule has 0 aromatic carbocycles. The highest BCUT2D eigenvalue weighted by Crippen LogP contribution is 2.15. The molecule has 1 aromatic rings. The minimum atomic E-state index is -3.46. The molecule has 1 fully saturated rings. The van der Waals surface area contributed by atoms with Crippen molar-refractivity contribution in [1.82, 2.24) is 14.7 Å². The van der Waals surface area contributed by atoms with Crippen molar-refractivity contribution in [3.63, 3.8) is 0 Å². The van der Waals surface area contributed by atoms with E-state index in [-0.39, 0.29) is 11.1 Å². The smallest absolute Gasteiger partial charge is 0.257 e. The van der Waals surface area contributed by atoms with Crippen LogP contribution in [0.3, 0.4) is 0 Å². The van der Waals surface area contributed by atoms with Gasteiger partial charge in [-0.25, -0.2) is 18.1 Å². The van der Waals surface area contributed by atoms with Gasteiger partial charge in [0.05, 0.1) is 12.3 Å². The molecule has 0 amide bonds. The fraction of sp³-hybridized carbons (Fsp3) is 0.727. The van der Waals surface area contributed by atoms with Crippen LogP contribution in [0.5, 0.6) is 0 Å². The van der Waals surface area contributed by atoms with E-state index >= 15 is 0 Å². The fourth-order valence-corrected chi connectivity index (χ4v) is 3.02. The van der Waals surface area contributed by atoms with Crippen molar-refractivity contribution in [3.8, 4) is 0 Å². The molecule has 0 aliphatic carbocycles. The molecule has 102 valence electrons. The summed E-state index contributed by atoms with van der Waals surface area (Å²) in [6.07, 6.45) is 5.52. The number of nitrogens with one attached hydrogen (secondary N) is 2. The first-order chi connectivity index (χ1) is 8.58. The molecule has 2 N–H and O–H groups in total. The van der Waals surface area contributed by atoms with Gasteiger partial charge in [-0.3, -0.25) is 0 Å². The van der Waals surface area contributed by atoms with E-state index in [0.29, 0.717) is 18.8 Å².